The minimum atomic E-state index is 0. The molecule has 0 aromatic carbocycles. The quantitative estimate of drug-likeness (QED) is 0.309. The summed E-state index contributed by atoms with van der Waals surface area (Å²) in [5.41, 5.74) is 1.18. The molecule has 0 radical (unpaired) electrons. The van der Waals surface area contributed by atoms with Gasteiger partial charge in [0.2, 0.25) is 5.69 Å². The summed E-state index contributed by atoms with van der Waals surface area (Å²) in [4.78, 5) is 0. The van der Waals surface area contributed by atoms with Crippen LogP contribution in [0.4, 0.5) is 0 Å². The SMILES string of the molecule is Cn1cc[n+](C)c1C=Cc1cccc[n+]1C.[I-].[I-]. The van der Waals surface area contributed by atoms with Crippen LogP contribution in [0.5, 0.6) is 0 Å². The molecule has 2 aromatic rings. The van der Waals surface area contributed by atoms with E-state index < -0.39 is 0 Å². The molecule has 0 aliphatic rings. The molecule has 98 valence electrons. The molecule has 0 atom stereocenters. The van der Waals surface area contributed by atoms with Crippen LogP contribution >= 0.6 is 0 Å². The maximum atomic E-state index is 2.12. The first-order valence-corrected chi connectivity index (χ1v) is 5.32. The third-order valence-electron chi connectivity index (χ3n) is 2.73. The number of pyridine rings is 1. The number of halogens is 2. The molecule has 0 fully saturated rings. The zero-order valence-electron chi connectivity index (χ0n) is 10.7. The molecule has 0 aliphatic heterocycles. The van der Waals surface area contributed by atoms with Crippen LogP contribution in [-0.4, -0.2) is 4.57 Å². The Morgan fingerprint density at radius 3 is 2.28 bits per heavy atom. The van der Waals surface area contributed by atoms with Gasteiger partial charge in [0, 0.05) is 24.3 Å². The number of imidazole rings is 1. The van der Waals surface area contributed by atoms with Gasteiger partial charge in [-0.05, 0) is 6.07 Å². The molecule has 0 saturated heterocycles. The van der Waals surface area contributed by atoms with Crippen LogP contribution < -0.4 is 57.1 Å². The van der Waals surface area contributed by atoms with Gasteiger partial charge in [-0.25, -0.2) is 13.7 Å². The Bertz CT molecular complexity index is 513. The van der Waals surface area contributed by atoms with E-state index in [1.54, 1.807) is 0 Å². The van der Waals surface area contributed by atoms with Crippen LogP contribution in [0.1, 0.15) is 11.5 Å². The van der Waals surface area contributed by atoms with Crippen LogP contribution in [-0.2, 0) is 21.1 Å². The van der Waals surface area contributed by atoms with Gasteiger partial charge in [-0.3, -0.25) is 0 Å². The minimum Gasteiger partial charge on any atom is -1.00 e. The lowest BCUT2D eigenvalue weighted by atomic mass is 10.3. The van der Waals surface area contributed by atoms with Crippen molar-refractivity contribution in [3.05, 3.63) is 48.3 Å². The third kappa shape index (κ3) is 4.04. The molecule has 2 rings (SSSR count). The lowest BCUT2D eigenvalue weighted by Gasteiger charge is -1.93. The fraction of sp³-hybridized carbons (Fsp3) is 0.231. The second-order valence-corrected chi connectivity index (χ2v) is 3.95. The Morgan fingerprint density at radius 2 is 1.72 bits per heavy atom. The van der Waals surface area contributed by atoms with Gasteiger partial charge < -0.3 is 48.0 Å². The van der Waals surface area contributed by atoms with Gasteiger partial charge in [-0.2, -0.15) is 0 Å². The van der Waals surface area contributed by atoms with Crippen LogP contribution in [0.2, 0.25) is 0 Å². The number of hydrogen-bond donors (Lipinski definition) is 0. The second-order valence-electron chi connectivity index (χ2n) is 3.95. The van der Waals surface area contributed by atoms with Crippen molar-refractivity contribution in [3.63, 3.8) is 0 Å². The molecule has 2 aromatic heterocycles. The topological polar surface area (TPSA) is 12.7 Å². The van der Waals surface area contributed by atoms with Crippen molar-refractivity contribution >= 4 is 12.2 Å². The first-order chi connectivity index (χ1) is 7.68. The number of hydrogen-bond acceptors (Lipinski definition) is 0. The smallest absolute Gasteiger partial charge is 0.281 e. The van der Waals surface area contributed by atoms with Crippen LogP contribution in [0, 0.1) is 0 Å². The highest BCUT2D eigenvalue weighted by atomic mass is 127. The second kappa shape index (κ2) is 7.88. The maximum Gasteiger partial charge on any atom is 0.281 e. The van der Waals surface area contributed by atoms with Crippen molar-refractivity contribution in [2.24, 2.45) is 21.1 Å². The molecule has 18 heavy (non-hydrogen) atoms. The van der Waals surface area contributed by atoms with E-state index in [9.17, 15) is 0 Å². The summed E-state index contributed by atoms with van der Waals surface area (Å²) < 4.78 is 6.29. The number of nitrogens with zero attached hydrogens (tertiary/aromatic N) is 3. The normalized spacial score (nSPS) is 9.94. The summed E-state index contributed by atoms with van der Waals surface area (Å²) in [6, 6.07) is 6.17. The van der Waals surface area contributed by atoms with E-state index in [1.165, 1.54) is 11.5 Å². The molecule has 2 heterocycles. The first-order valence-electron chi connectivity index (χ1n) is 5.32. The van der Waals surface area contributed by atoms with Crippen LogP contribution in [0.3, 0.4) is 0 Å². The standard InChI is InChI=1S/C13H17N3.2HI/c1-14-9-5-4-6-12(14)7-8-13-15(2)10-11-16(13)3;;/h4-11H,1-3H3;2*1H/q+2;;/p-2. The fourth-order valence-corrected chi connectivity index (χ4v) is 1.71. The Balaban J connectivity index is 0.00000144. The maximum absolute atomic E-state index is 2.12. The first kappa shape index (κ1) is 17.6. The Morgan fingerprint density at radius 1 is 1.00 bits per heavy atom. The predicted octanol–water partition coefficient (Wildman–Crippen LogP) is -5.15. The summed E-state index contributed by atoms with van der Waals surface area (Å²) in [7, 11) is 6.14. The number of aromatic nitrogens is 3. The summed E-state index contributed by atoms with van der Waals surface area (Å²) >= 11 is 0. The van der Waals surface area contributed by atoms with E-state index in [0.717, 1.165) is 0 Å². The molecule has 0 N–H and O–H groups in total. The molecule has 0 aliphatic carbocycles. The molecule has 0 spiro atoms. The zero-order chi connectivity index (χ0) is 11.5. The largest absolute Gasteiger partial charge is 1.00 e. The van der Waals surface area contributed by atoms with Gasteiger partial charge in [0.1, 0.15) is 19.4 Å². The molecular weight excluding hydrogens is 452 g/mol. The van der Waals surface area contributed by atoms with E-state index in [1.807, 2.05) is 51.9 Å². The number of aryl methyl sites for hydroxylation is 3. The summed E-state index contributed by atoms with van der Waals surface area (Å²) in [5.74, 6) is 1.17. The molecule has 0 amide bonds. The lowest BCUT2D eigenvalue weighted by molar-refractivity contribution is -0.674. The van der Waals surface area contributed by atoms with Crippen molar-refractivity contribution in [2.75, 3.05) is 0 Å². The average molecular weight is 469 g/mol. The third-order valence-corrected chi connectivity index (χ3v) is 2.73. The highest BCUT2D eigenvalue weighted by Crippen LogP contribution is 2.00. The Labute approximate surface area is 142 Å². The molecule has 0 unspecified atom stereocenters. The van der Waals surface area contributed by atoms with Gasteiger partial charge in [0.05, 0.1) is 14.1 Å². The van der Waals surface area contributed by atoms with Crippen molar-refractivity contribution in [1.82, 2.24) is 4.57 Å². The molecule has 0 bridgehead atoms. The summed E-state index contributed by atoms with van der Waals surface area (Å²) in [6.07, 6.45) is 10.4. The van der Waals surface area contributed by atoms with Crippen molar-refractivity contribution in [3.8, 4) is 0 Å². The highest BCUT2D eigenvalue weighted by Gasteiger charge is 2.07. The van der Waals surface area contributed by atoms with Gasteiger partial charge in [-0.1, -0.05) is 0 Å². The van der Waals surface area contributed by atoms with Crippen LogP contribution in [0.15, 0.2) is 36.8 Å². The molecule has 0 saturated carbocycles. The minimum absolute atomic E-state index is 0. The van der Waals surface area contributed by atoms with Gasteiger partial charge in [-0.15, -0.1) is 0 Å². The Hall–Kier alpha value is -0.440. The van der Waals surface area contributed by atoms with E-state index in [4.69, 9.17) is 0 Å². The Kier molecular flexibility index (Phi) is 7.69. The van der Waals surface area contributed by atoms with E-state index in [-0.39, 0.29) is 48.0 Å². The monoisotopic (exact) mass is 469 g/mol. The zero-order valence-corrected chi connectivity index (χ0v) is 15.0. The van der Waals surface area contributed by atoms with Gasteiger partial charge in [0.25, 0.3) is 5.82 Å². The lowest BCUT2D eigenvalue weighted by Crippen LogP contribution is -3.00. The van der Waals surface area contributed by atoms with Crippen molar-refractivity contribution in [2.45, 2.75) is 0 Å². The summed E-state index contributed by atoms with van der Waals surface area (Å²) in [6.45, 7) is 0. The molecular formula is C13H17I2N3. The van der Waals surface area contributed by atoms with E-state index in [0.29, 0.717) is 0 Å². The predicted molar refractivity (Wildman–Crippen MR) is 63.1 cm³/mol. The summed E-state index contributed by atoms with van der Waals surface area (Å²) in [5, 5.41) is 0. The van der Waals surface area contributed by atoms with E-state index in [2.05, 4.69) is 31.9 Å². The number of rotatable bonds is 2. The van der Waals surface area contributed by atoms with Crippen molar-refractivity contribution in [1.29, 1.82) is 0 Å². The van der Waals surface area contributed by atoms with E-state index >= 15 is 0 Å². The van der Waals surface area contributed by atoms with Gasteiger partial charge >= 0.3 is 0 Å². The highest BCUT2D eigenvalue weighted by molar-refractivity contribution is 5.62. The fourth-order valence-electron chi connectivity index (χ4n) is 1.71. The average Bonchev–Trinajstić information content (AvgIpc) is 2.58. The van der Waals surface area contributed by atoms with Crippen LogP contribution in [0.25, 0.3) is 12.2 Å². The van der Waals surface area contributed by atoms with Gasteiger partial charge in [0.15, 0.2) is 6.20 Å². The molecule has 3 nitrogen and oxygen atoms in total. The molecule has 5 heteroatoms. The van der Waals surface area contributed by atoms with Crippen molar-refractivity contribution < 1.29 is 57.1 Å².